The van der Waals surface area contributed by atoms with Crippen LogP contribution in [0.15, 0.2) is 18.7 Å². The van der Waals surface area contributed by atoms with E-state index in [0.717, 1.165) is 30.3 Å². The van der Waals surface area contributed by atoms with Crippen LogP contribution >= 0.6 is 0 Å². The summed E-state index contributed by atoms with van der Waals surface area (Å²) in [5.74, 6) is 1.32. The van der Waals surface area contributed by atoms with Gasteiger partial charge in [0.2, 0.25) is 5.91 Å². The molecule has 1 amide bonds. The third-order valence-electron chi connectivity index (χ3n) is 4.88. The maximum absolute atomic E-state index is 11.3. The second-order valence-electron chi connectivity index (χ2n) is 6.89. The van der Waals surface area contributed by atoms with Gasteiger partial charge in [-0.1, -0.05) is 25.8 Å². The fourth-order valence-electron chi connectivity index (χ4n) is 3.45. The zero-order valence-corrected chi connectivity index (χ0v) is 15.0. The molecule has 3 rings (SSSR count). The zero-order chi connectivity index (χ0) is 18.4. The molecule has 0 spiro atoms. The molecule has 0 aromatic carbocycles. The minimum atomic E-state index is 0.0417. The summed E-state index contributed by atoms with van der Waals surface area (Å²) in [5, 5.41) is 7.82. The Kier molecular flexibility index (Phi) is 6.09. The van der Waals surface area contributed by atoms with Crippen molar-refractivity contribution in [2.24, 2.45) is 5.73 Å². The Morgan fingerprint density at radius 2 is 2.15 bits per heavy atom. The summed E-state index contributed by atoms with van der Waals surface area (Å²) < 4.78 is 5.72. The van der Waals surface area contributed by atoms with E-state index in [1.54, 1.807) is 6.08 Å². The SMILES string of the molecule is C=C(/C=c1/c(NC2CCCCC2)ncn/c1=C/N)OC[C@@H]1CCC(=O)N1. The van der Waals surface area contributed by atoms with Crippen LogP contribution in [0.3, 0.4) is 0 Å². The van der Waals surface area contributed by atoms with Gasteiger partial charge < -0.3 is 21.1 Å². The first-order valence-corrected chi connectivity index (χ1v) is 9.28. The number of carbonyl (C=O) groups excluding carboxylic acids is 1. The summed E-state index contributed by atoms with van der Waals surface area (Å²) in [4.78, 5) is 19.9. The second kappa shape index (κ2) is 8.69. The smallest absolute Gasteiger partial charge is 0.220 e. The average molecular weight is 357 g/mol. The molecule has 7 heteroatoms. The number of allylic oxidation sites excluding steroid dienone is 1. The molecule has 1 aliphatic carbocycles. The molecule has 4 N–H and O–H groups in total. The molecule has 1 saturated heterocycles. The average Bonchev–Trinajstić information content (AvgIpc) is 3.07. The van der Waals surface area contributed by atoms with Gasteiger partial charge in [0.25, 0.3) is 0 Å². The number of ether oxygens (including phenoxy) is 1. The summed E-state index contributed by atoms with van der Waals surface area (Å²) in [7, 11) is 0. The molecule has 1 aromatic rings. The lowest BCUT2D eigenvalue weighted by Crippen LogP contribution is -2.36. The Morgan fingerprint density at radius 3 is 2.85 bits per heavy atom. The number of nitrogens with two attached hydrogens (primary N) is 1. The number of nitrogens with one attached hydrogen (secondary N) is 2. The molecule has 2 heterocycles. The topological polar surface area (TPSA) is 102 Å². The molecule has 0 bridgehead atoms. The minimum Gasteiger partial charge on any atom is -0.492 e. The van der Waals surface area contributed by atoms with Crippen LogP contribution in [-0.4, -0.2) is 34.6 Å². The molecule has 7 nitrogen and oxygen atoms in total. The number of carbonyl (C=O) groups is 1. The molecular formula is C19H27N5O2. The fraction of sp³-hybridized carbons (Fsp3) is 0.526. The Bertz CT molecular complexity index is 771. The predicted molar refractivity (Wildman–Crippen MR) is 101 cm³/mol. The summed E-state index contributed by atoms with van der Waals surface area (Å²) in [6.07, 6.45) is 12.2. The van der Waals surface area contributed by atoms with Crippen molar-refractivity contribution in [3.63, 3.8) is 0 Å². The largest absolute Gasteiger partial charge is 0.492 e. The molecule has 2 fully saturated rings. The minimum absolute atomic E-state index is 0.0417. The van der Waals surface area contributed by atoms with Crippen molar-refractivity contribution in [2.75, 3.05) is 11.9 Å². The molecule has 1 atom stereocenters. The Hall–Kier alpha value is -2.57. The van der Waals surface area contributed by atoms with E-state index >= 15 is 0 Å². The fourth-order valence-corrected chi connectivity index (χ4v) is 3.45. The molecule has 1 aromatic heterocycles. The van der Waals surface area contributed by atoms with Gasteiger partial charge >= 0.3 is 0 Å². The van der Waals surface area contributed by atoms with Crippen LogP contribution in [0.1, 0.15) is 44.9 Å². The molecule has 26 heavy (non-hydrogen) atoms. The first-order chi connectivity index (χ1) is 12.7. The lowest BCUT2D eigenvalue weighted by Gasteiger charge is -2.23. The van der Waals surface area contributed by atoms with Gasteiger partial charge in [-0.3, -0.25) is 4.79 Å². The van der Waals surface area contributed by atoms with Gasteiger partial charge in [-0.05, 0) is 25.3 Å². The van der Waals surface area contributed by atoms with Crippen LogP contribution in [0, 0.1) is 0 Å². The highest BCUT2D eigenvalue weighted by Crippen LogP contribution is 2.19. The van der Waals surface area contributed by atoms with Gasteiger partial charge in [-0.25, -0.2) is 9.97 Å². The Balaban J connectivity index is 1.74. The van der Waals surface area contributed by atoms with E-state index in [-0.39, 0.29) is 11.9 Å². The maximum atomic E-state index is 11.3. The number of aromatic nitrogens is 2. The first kappa shape index (κ1) is 18.2. The van der Waals surface area contributed by atoms with Gasteiger partial charge in [0, 0.05) is 23.9 Å². The van der Waals surface area contributed by atoms with E-state index in [4.69, 9.17) is 10.5 Å². The van der Waals surface area contributed by atoms with Crippen molar-refractivity contribution in [1.82, 2.24) is 15.3 Å². The van der Waals surface area contributed by atoms with Gasteiger partial charge in [0.1, 0.15) is 24.5 Å². The van der Waals surface area contributed by atoms with E-state index in [1.807, 2.05) is 0 Å². The number of hydrogen-bond acceptors (Lipinski definition) is 6. The van der Waals surface area contributed by atoms with Crippen molar-refractivity contribution in [3.05, 3.63) is 29.2 Å². The van der Waals surface area contributed by atoms with Gasteiger partial charge in [-0.15, -0.1) is 0 Å². The van der Waals surface area contributed by atoms with Gasteiger partial charge in [0.15, 0.2) is 0 Å². The highest BCUT2D eigenvalue weighted by atomic mass is 16.5. The summed E-state index contributed by atoms with van der Waals surface area (Å²) >= 11 is 0. The lowest BCUT2D eigenvalue weighted by molar-refractivity contribution is -0.119. The molecule has 140 valence electrons. The summed E-state index contributed by atoms with van der Waals surface area (Å²) in [6, 6.07) is 0.458. The second-order valence-corrected chi connectivity index (χ2v) is 6.89. The van der Waals surface area contributed by atoms with Crippen LogP contribution in [0.2, 0.25) is 0 Å². The third-order valence-corrected chi connectivity index (χ3v) is 4.88. The van der Waals surface area contributed by atoms with Crippen LogP contribution in [0.5, 0.6) is 0 Å². The Labute approximate surface area is 153 Å². The van der Waals surface area contributed by atoms with Crippen LogP contribution < -0.4 is 26.9 Å². The zero-order valence-electron chi connectivity index (χ0n) is 15.0. The molecule has 0 radical (unpaired) electrons. The third kappa shape index (κ3) is 4.74. The molecule has 1 aliphatic heterocycles. The van der Waals surface area contributed by atoms with Gasteiger partial charge in [0.05, 0.1) is 11.4 Å². The summed E-state index contributed by atoms with van der Waals surface area (Å²) in [5.41, 5.74) is 5.74. The first-order valence-electron chi connectivity index (χ1n) is 9.28. The number of nitrogens with zero attached hydrogens (tertiary/aromatic N) is 2. The molecular weight excluding hydrogens is 330 g/mol. The maximum Gasteiger partial charge on any atom is 0.220 e. The van der Waals surface area contributed by atoms with E-state index in [0.29, 0.717) is 30.2 Å². The molecule has 2 aliphatic rings. The van der Waals surface area contributed by atoms with Crippen molar-refractivity contribution in [1.29, 1.82) is 0 Å². The monoisotopic (exact) mass is 357 g/mol. The number of rotatable bonds is 6. The van der Waals surface area contributed by atoms with E-state index < -0.39 is 0 Å². The van der Waals surface area contributed by atoms with Crippen LogP contribution in [0.4, 0.5) is 5.82 Å². The van der Waals surface area contributed by atoms with Crippen molar-refractivity contribution in [2.45, 2.75) is 57.0 Å². The van der Waals surface area contributed by atoms with Crippen molar-refractivity contribution in [3.8, 4) is 0 Å². The van der Waals surface area contributed by atoms with E-state index in [2.05, 4.69) is 27.2 Å². The van der Waals surface area contributed by atoms with Crippen molar-refractivity contribution < 1.29 is 9.53 Å². The van der Waals surface area contributed by atoms with Crippen LogP contribution in [0.25, 0.3) is 12.3 Å². The van der Waals surface area contributed by atoms with E-state index in [1.165, 1.54) is 31.8 Å². The number of amides is 1. The van der Waals surface area contributed by atoms with Crippen molar-refractivity contribution >= 4 is 24.0 Å². The highest BCUT2D eigenvalue weighted by molar-refractivity contribution is 5.78. The number of hydrogen-bond donors (Lipinski definition) is 3. The highest BCUT2D eigenvalue weighted by Gasteiger charge is 2.21. The summed E-state index contributed by atoms with van der Waals surface area (Å²) in [6.45, 7) is 4.37. The quantitative estimate of drug-likeness (QED) is 0.641. The predicted octanol–water partition coefficient (Wildman–Crippen LogP) is 0.507. The molecule has 0 unspecified atom stereocenters. The normalized spacial score (nSPS) is 22.3. The standard InChI is InChI=1S/C19H27N5O2/c1-13(26-11-15-7-8-18(25)23-15)9-16-17(10-20)21-12-22-19(16)24-14-5-3-2-4-6-14/h9-10,12,14-15H,1-8,11,20H2,(H,23,25)(H,21,22,24)/b16-9+,17-10+/t15-/m0/s1. The number of anilines is 1. The lowest BCUT2D eigenvalue weighted by atomic mass is 9.95. The Morgan fingerprint density at radius 1 is 1.35 bits per heavy atom. The van der Waals surface area contributed by atoms with Crippen LogP contribution in [-0.2, 0) is 9.53 Å². The van der Waals surface area contributed by atoms with E-state index in [9.17, 15) is 4.79 Å². The van der Waals surface area contributed by atoms with Gasteiger partial charge in [-0.2, -0.15) is 0 Å². The molecule has 1 saturated carbocycles.